The first-order valence-electron chi connectivity index (χ1n) is 10.3. The van der Waals surface area contributed by atoms with Crippen molar-refractivity contribution < 1.29 is 39.0 Å². The van der Waals surface area contributed by atoms with E-state index in [9.17, 15) is 19.5 Å². The summed E-state index contributed by atoms with van der Waals surface area (Å²) in [4.78, 5) is 37.7. The lowest BCUT2D eigenvalue weighted by Gasteiger charge is -2.30. The van der Waals surface area contributed by atoms with E-state index in [-0.39, 0.29) is 24.2 Å². The first-order chi connectivity index (χ1) is 14.1. The lowest BCUT2D eigenvalue weighted by Crippen LogP contribution is -2.52. The van der Waals surface area contributed by atoms with Crippen molar-refractivity contribution in [3.05, 3.63) is 0 Å². The molecule has 0 aromatic carbocycles. The molecular formula is C18H32BN3O8. The molecule has 2 saturated heterocycles. The third kappa shape index (κ3) is 5.42. The van der Waals surface area contributed by atoms with E-state index in [4.69, 9.17) is 25.3 Å². The molecule has 0 spiro atoms. The fraction of sp³-hybridized carbons (Fsp3) is 0.833. The summed E-state index contributed by atoms with van der Waals surface area (Å²) in [5, 5.41) is 30.9. The van der Waals surface area contributed by atoms with Gasteiger partial charge in [0.1, 0.15) is 11.6 Å². The molecule has 0 aromatic heterocycles. The fourth-order valence-corrected chi connectivity index (χ4v) is 4.26. The van der Waals surface area contributed by atoms with Crippen LogP contribution in [0.2, 0.25) is 6.32 Å². The number of fused-ring (bicyclic) bond motifs is 1. The number of amides is 1. The predicted molar refractivity (Wildman–Crippen MR) is 106 cm³/mol. The van der Waals surface area contributed by atoms with Gasteiger partial charge in [0.05, 0.1) is 6.04 Å². The Bertz CT molecular complexity index is 635. The molecule has 4 atom stereocenters. The van der Waals surface area contributed by atoms with E-state index >= 15 is 0 Å². The number of carboxylic acid groups (broad SMARTS) is 1. The normalized spacial score (nSPS) is 26.4. The number of unbranched alkanes of at least 4 members (excludes halogenated alkanes) is 1. The van der Waals surface area contributed by atoms with Crippen LogP contribution in [0.15, 0.2) is 0 Å². The molecule has 2 heterocycles. The van der Waals surface area contributed by atoms with Crippen molar-refractivity contribution in [3.63, 3.8) is 0 Å². The fourth-order valence-electron chi connectivity index (χ4n) is 4.26. The quantitative estimate of drug-likeness (QED) is 0.130. The molecule has 2 fully saturated rings. The lowest BCUT2D eigenvalue weighted by atomic mass is 9.77. The average Bonchev–Trinajstić information content (AvgIpc) is 3.25. The van der Waals surface area contributed by atoms with E-state index in [0.717, 1.165) is 0 Å². The van der Waals surface area contributed by atoms with Crippen LogP contribution in [0.3, 0.4) is 0 Å². The van der Waals surface area contributed by atoms with Crippen LogP contribution in [0.25, 0.3) is 0 Å². The van der Waals surface area contributed by atoms with Gasteiger partial charge in [-0.05, 0) is 25.1 Å². The number of carbonyl (C=O) groups is 3. The minimum atomic E-state index is -1.41. The van der Waals surface area contributed by atoms with E-state index < -0.39 is 43.5 Å². The molecule has 1 amide bonds. The standard InChI is InChI=1S/C18H32BN3O8/c1-11(2)14(20)15(23)29-10-30-17(26)22-8-5-12-13(22)9-21-18(12,16(24)25)6-3-4-7-19(27)28/h11-14,21,27-28H,3-10,20H2,1-2H3,(H,24,25)/t12-,13-,14-,18+/m0/s1. The van der Waals surface area contributed by atoms with Gasteiger partial charge in [-0.1, -0.05) is 26.7 Å². The van der Waals surface area contributed by atoms with Gasteiger partial charge in [-0.25, -0.2) is 4.79 Å². The summed E-state index contributed by atoms with van der Waals surface area (Å²) in [6.45, 7) is 3.66. The van der Waals surface area contributed by atoms with Crippen molar-refractivity contribution >= 4 is 25.2 Å². The molecule has 2 aliphatic heterocycles. The summed E-state index contributed by atoms with van der Waals surface area (Å²) in [5.74, 6) is -2.04. The predicted octanol–water partition coefficient (Wildman–Crippen LogP) is -0.633. The monoisotopic (exact) mass is 429 g/mol. The zero-order valence-corrected chi connectivity index (χ0v) is 17.5. The van der Waals surface area contributed by atoms with Gasteiger partial charge in [0.15, 0.2) is 0 Å². The van der Waals surface area contributed by atoms with Gasteiger partial charge in [0.2, 0.25) is 6.79 Å². The Morgan fingerprint density at radius 1 is 1.27 bits per heavy atom. The number of hydrogen-bond acceptors (Lipinski definition) is 9. The molecule has 2 aliphatic rings. The molecule has 2 rings (SSSR count). The summed E-state index contributed by atoms with van der Waals surface area (Å²) in [5.41, 5.74) is 4.51. The number of rotatable bonds is 10. The van der Waals surface area contributed by atoms with E-state index in [1.54, 1.807) is 13.8 Å². The second kappa shape index (κ2) is 10.4. The maximum Gasteiger partial charge on any atom is 0.451 e. The number of aliphatic carboxylic acids is 1. The SMILES string of the molecule is CC(C)[C@H](N)C(=O)OCOC(=O)N1CC[C@H]2[C@@H]1CN[C@@]2(CCCCB(O)O)C(=O)O. The van der Waals surface area contributed by atoms with E-state index in [2.05, 4.69) is 5.32 Å². The van der Waals surface area contributed by atoms with Crippen LogP contribution < -0.4 is 11.1 Å². The summed E-state index contributed by atoms with van der Waals surface area (Å²) in [7, 11) is -1.41. The number of nitrogens with one attached hydrogen (secondary N) is 1. The van der Waals surface area contributed by atoms with Gasteiger partial charge in [-0.3, -0.25) is 14.9 Å². The number of nitrogens with zero attached hydrogens (tertiary/aromatic N) is 1. The van der Waals surface area contributed by atoms with Crippen LogP contribution in [0.1, 0.15) is 39.5 Å². The first kappa shape index (κ1) is 24.4. The second-order valence-electron chi connectivity index (χ2n) is 8.30. The highest BCUT2D eigenvalue weighted by Crippen LogP contribution is 2.41. The Balaban J connectivity index is 1.90. The minimum Gasteiger partial charge on any atom is -0.480 e. The third-order valence-electron chi connectivity index (χ3n) is 6.08. The average molecular weight is 429 g/mol. The number of hydrogen-bond donors (Lipinski definition) is 5. The van der Waals surface area contributed by atoms with Crippen molar-refractivity contribution in [2.45, 2.75) is 63.5 Å². The van der Waals surface area contributed by atoms with Crippen LogP contribution in [-0.2, 0) is 19.1 Å². The molecule has 30 heavy (non-hydrogen) atoms. The largest absolute Gasteiger partial charge is 0.480 e. The maximum atomic E-state index is 12.4. The van der Waals surface area contributed by atoms with Gasteiger partial charge < -0.3 is 35.3 Å². The number of carboxylic acids is 1. The molecule has 11 nitrogen and oxygen atoms in total. The summed E-state index contributed by atoms with van der Waals surface area (Å²) in [6.07, 6.45) is 1.34. The van der Waals surface area contributed by atoms with Crippen molar-refractivity contribution in [2.24, 2.45) is 17.6 Å². The minimum absolute atomic E-state index is 0.109. The number of nitrogens with two attached hydrogens (primary N) is 1. The molecule has 6 N–H and O–H groups in total. The van der Waals surface area contributed by atoms with Gasteiger partial charge in [0, 0.05) is 19.0 Å². The highest BCUT2D eigenvalue weighted by molar-refractivity contribution is 6.40. The molecule has 170 valence electrons. The van der Waals surface area contributed by atoms with E-state index in [0.29, 0.717) is 38.8 Å². The van der Waals surface area contributed by atoms with E-state index in [1.807, 2.05) is 0 Å². The molecule has 0 saturated carbocycles. The number of likely N-dealkylation sites (tertiary alicyclic amines) is 1. The van der Waals surface area contributed by atoms with Gasteiger partial charge in [-0.15, -0.1) is 0 Å². The molecule has 0 radical (unpaired) electrons. The Kier molecular flexibility index (Phi) is 8.47. The van der Waals surface area contributed by atoms with Gasteiger partial charge >= 0.3 is 25.2 Å². The number of esters is 1. The summed E-state index contributed by atoms with van der Waals surface area (Å²) < 4.78 is 9.93. The van der Waals surface area contributed by atoms with Crippen molar-refractivity contribution in [2.75, 3.05) is 19.9 Å². The summed E-state index contributed by atoms with van der Waals surface area (Å²) in [6, 6.07) is -1.15. The van der Waals surface area contributed by atoms with Crippen LogP contribution in [-0.4, -0.2) is 82.7 Å². The third-order valence-corrected chi connectivity index (χ3v) is 6.08. The van der Waals surface area contributed by atoms with Crippen molar-refractivity contribution in [3.8, 4) is 0 Å². The Morgan fingerprint density at radius 2 is 1.97 bits per heavy atom. The highest BCUT2D eigenvalue weighted by Gasteiger charge is 2.58. The van der Waals surface area contributed by atoms with E-state index in [1.165, 1.54) is 4.90 Å². The van der Waals surface area contributed by atoms with Crippen molar-refractivity contribution in [1.29, 1.82) is 0 Å². The molecule has 0 aromatic rings. The van der Waals surface area contributed by atoms with Gasteiger partial charge in [0.25, 0.3) is 0 Å². The number of carbonyl (C=O) groups excluding carboxylic acids is 2. The topological polar surface area (TPSA) is 172 Å². The molecule has 0 aliphatic carbocycles. The van der Waals surface area contributed by atoms with Crippen LogP contribution >= 0.6 is 0 Å². The molecule has 12 heteroatoms. The zero-order valence-electron chi connectivity index (χ0n) is 17.5. The Morgan fingerprint density at radius 3 is 2.57 bits per heavy atom. The Hall–Kier alpha value is -1.89. The highest BCUT2D eigenvalue weighted by atomic mass is 16.7. The van der Waals surface area contributed by atoms with Gasteiger partial charge in [-0.2, -0.15) is 0 Å². The molecular weight excluding hydrogens is 397 g/mol. The molecule has 0 bridgehead atoms. The second-order valence-corrected chi connectivity index (χ2v) is 8.30. The van der Waals surface area contributed by atoms with Crippen molar-refractivity contribution in [1.82, 2.24) is 10.2 Å². The summed E-state index contributed by atoms with van der Waals surface area (Å²) >= 11 is 0. The van der Waals surface area contributed by atoms with Crippen LogP contribution in [0.5, 0.6) is 0 Å². The zero-order chi connectivity index (χ0) is 22.5. The number of ether oxygens (including phenoxy) is 2. The first-order valence-corrected chi connectivity index (χ1v) is 10.3. The molecule has 0 unspecified atom stereocenters. The van der Waals surface area contributed by atoms with Crippen LogP contribution in [0, 0.1) is 11.8 Å². The lowest BCUT2D eigenvalue weighted by molar-refractivity contribution is -0.155. The van der Waals surface area contributed by atoms with Crippen LogP contribution in [0.4, 0.5) is 4.79 Å². The Labute approximate surface area is 176 Å². The maximum absolute atomic E-state index is 12.4. The smallest absolute Gasteiger partial charge is 0.451 e.